The van der Waals surface area contributed by atoms with E-state index in [4.69, 9.17) is 0 Å². The molecule has 1 aliphatic heterocycles. The molecular formula is C13H19N3O. The number of anilines is 1. The maximum atomic E-state index is 10.3. The van der Waals surface area contributed by atoms with Crippen LogP contribution in [-0.2, 0) is 4.79 Å². The smallest absolute Gasteiger partial charge is 0.128 e. The van der Waals surface area contributed by atoms with Crippen LogP contribution in [0.3, 0.4) is 0 Å². The first kappa shape index (κ1) is 12.0. The lowest BCUT2D eigenvalue weighted by atomic mass is 10.2. The van der Waals surface area contributed by atoms with Gasteiger partial charge >= 0.3 is 0 Å². The summed E-state index contributed by atoms with van der Waals surface area (Å²) in [5.41, 5.74) is 1.19. The van der Waals surface area contributed by atoms with Crippen LogP contribution in [-0.4, -0.2) is 48.9 Å². The monoisotopic (exact) mass is 233 g/mol. The average Bonchev–Trinajstić information content (AvgIpc) is 2.38. The summed E-state index contributed by atoms with van der Waals surface area (Å²) in [6.45, 7) is 6.96. The number of carbonyl (C=O) groups excluding carboxylic acids is 1. The van der Waals surface area contributed by atoms with Gasteiger partial charge in [0, 0.05) is 45.3 Å². The molecule has 1 fully saturated rings. The molecule has 0 unspecified atom stereocenters. The van der Waals surface area contributed by atoms with Gasteiger partial charge in [-0.05, 0) is 18.6 Å². The Morgan fingerprint density at radius 3 is 2.65 bits per heavy atom. The Morgan fingerprint density at radius 2 is 2.06 bits per heavy atom. The van der Waals surface area contributed by atoms with Crippen molar-refractivity contribution in [3.05, 3.63) is 23.9 Å². The van der Waals surface area contributed by atoms with E-state index in [-0.39, 0.29) is 0 Å². The van der Waals surface area contributed by atoms with E-state index >= 15 is 0 Å². The van der Waals surface area contributed by atoms with Crippen molar-refractivity contribution in [2.24, 2.45) is 0 Å². The molecule has 1 aromatic heterocycles. The summed E-state index contributed by atoms with van der Waals surface area (Å²) in [4.78, 5) is 19.4. The molecule has 2 heterocycles. The van der Waals surface area contributed by atoms with Gasteiger partial charge in [0.05, 0.1) is 0 Å². The maximum absolute atomic E-state index is 10.3. The number of hydrogen-bond acceptors (Lipinski definition) is 4. The van der Waals surface area contributed by atoms with Gasteiger partial charge in [0.1, 0.15) is 12.1 Å². The van der Waals surface area contributed by atoms with Gasteiger partial charge in [-0.2, -0.15) is 0 Å². The van der Waals surface area contributed by atoms with Crippen LogP contribution >= 0.6 is 0 Å². The maximum Gasteiger partial charge on any atom is 0.128 e. The fraction of sp³-hybridized carbons (Fsp3) is 0.538. The van der Waals surface area contributed by atoms with E-state index in [1.54, 1.807) is 0 Å². The molecule has 17 heavy (non-hydrogen) atoms. The molecule has 1 aromatic rings. The van der Waals surface area contributed by atoms with E-state index in [0.29, 0.717) is 6.42 Å². The number of piperazine rings is 1. The lowest BCUT2D eigenvalue weighted by Crippen LogP contribution is -2.46. The molecule has 0 radical (unpaired) electrons. The SMILES string of the molecule is Cc1ccc(N2CCN(CCC=O)CC2)nc1. The standard InChI is InChI=1S/C13H19N3O/c1-12-3-4-13(14-11-12)16-8-6-15(7-9-16)5-2-10-17/h3-4,10-11H,2,5-9H2,1H3. The van der Waals surface area contributed by atoms with Crippen LogP contribution in [0.2, 0.25) is 0 Å². The van der Waals surface area contributed by atoms with Crippen LogP contribution in [0.1, 0.15) is 12.0 Å². The van der Waals surface area contributed by atoms with Gasteiger partial charge in [-0.1, -0.05) is 6.07 Å². The van der Waals surface area contributed by atoms with Gasteiger partial charge < -0.3 is 9.69 Å². The predicted molar refractivity (Wildman–Crippen MR) is 68.3 cm³/mol. The molecule has 1 aliphatic rings. The second kappa shape index (κ2) is 5.77. The molecule has 0 bridgehead atoms. The average molecular weight is 233 g/mol. The third-order valence-electron chi connectivity index (χ3n) is 3.16. The Hall–Kier alpha value is -1.42. The number of rotatable bonds is 4. The Bertz CT molecular complexity index is 355. The zero-order valence-electron chi connectivity index (χ0n) is 10.3. The highest BCUT2D eigenvalue weighted by Crippen LogP contribution is 2.13. The van der Waals surface area contributed by atoms with Crippen LogP contribution in [0, 0.1) is 6.92 Å². The molecule has 0 aliphatic carbocycles. The number of nitrogens with zero attached hydrogens (tertiary/aromatic N) is 3. The van der Waals surface area contributed by atoms with E-state index in [1.165, 1.54) is 5.56 Å². The molecule has 1 saturated heterocycles. The van der Waals surface area contributed by atoms with Crippen LogP contribution in [0.15, 0.2) is 18.3 Å². The fourth-order valence-electron chi connectivity index (χ4n) is 2.08. The van der Waals surface area contributed by atoms with Crippen LogP contribution in [0.4, 0.5) is 5.82 Å². The quantitative estimate of drug-likeness (QED) is 0.730. The molecule has 0 amide bonds. The summed E-state index contributed by atoms with van der Waals surface area (Å²) >= 11 is 0. The minimum atomic E-state index is 0.642. The number of aromatic nitrogens is 1. The molecule has 0 atom stereocenters. The molecule has 4 heteroatoms. The number of aldehydes is 1. The second-order valence-corrected chi connectivity index (χ2v) is 4.48. The van der Waals surface area contributed by atoms with E-state index in [0.717, 1.165) is 44.8 Å². The van der Waals surface area contributed by atoms with Crippen LogP contribution in [0.25, 0.3) is 0 Å². The summed E-state index contributed by atoms with van der Waals surface area (Å²) < 4.78 is 0. The summed E-state index contributed by atoms with van der Waals surface area (Å²) in [6, 6.07) is 4.18. The van der Waals surface area contributed by atoms with Crippen LogP contribution < -0.4 is 4.90 Å². The van der Waals surface area contributed by atoms with Gasteiger partial charge in [0.25, 0.3) is 0 Å². The number of carbonyl (C=O) groups is 1. The first-order valence-corrected chi connectivity index (χ1v) is 6.13. The van der Waals surface area contributed by atoms with Crippen molar-refractivity contribution in [1.82, 2.24) is 9.88 Å². The zero-order valence-corrected chi connectivity index (χ0v) is 10.3. The van der Waals surface area contributed by atoms with Crippen LogP contribution in [0.5, 0.6) is 0 Å². The largest absolute Gasteiger partial charge is 0.354 e. The number of hydrogen-bond donors (Lipinski definition) is 0. The molecule has 0 N–H and O–H groups in total. The third-order valence-corrected chi connectivity index (χ3v) is 3.16. The highest BCUT2D eigenvalue weighted by atomic mass is 16.1. The first-order chi connectivity index (χ1) is 8.29. The van der Waals surface area contributed by atoms with Gasteiger partial charge in [0.2, 0.25) is 0 Å². The van der Waals surface area contributed by atoms with E-state index in [2.05, 4.69) is 26.9 Å². The van der Waals surface area contributed by atoms with Crippen molar-refractivity contribution in [3.8, 4) is 0 Å². The highest BCUT2D eigenvalue weighted by molar-refractivity contribution is 5.49. The first-order valence-electron chi connectivity index (χ1n) is 6.13. The zero-order chi connectivity index (χ0) is 12.1. The highest BCUT2D eigenvalue weighted by Gasteiger charge is 2.17. The number of aryl methyl sites for hydroxylation is 1. The van der Waals surface area contributed by atoms with Gasteiger partial charge in [-0.25, -0.2) is 4.98 Å². The van der Waals surface area contributed by atoms with E-state index in [9.17, 15) is 4.79 Å². The summed E-state index contributed by atoms with van der Waals surface area (Å²) in [5.74, 6) is 1.06. The fourth-order valence-corrected chi connectivity index (χ4v) is 2.08. The lowest BCUT2D eigenvalue weighted by molar-refractivity contribution is -0.108. The van der Waals surface area contributed by atoms with E-state index in [1.807, 2.05) is 13.1 Å². The molecule has 0 saturated carbocycles. The Balaban J connectivity index is 1.86. The summed E-state index contributed by atoms with van der Waals surface area (Å²) in [5, 5.41) is 0. The van der Waals surface area contributed by atoms with Crippen molar-refractivity contribution in [2.75, 3.05) is 37.6 Å². The molecule has 2 rings (SSSR count). The normalized spacial score (nSPS) is 17.1. The molecule has 0 aromatic carbocycles. The minimum Gasteiger partial charge on any atom is -0.354 e. The van der Waals surface area contributed by atoms with Crippen molar-refractivity contribution in [3.63, 3.8) is 0 Å². The minimum absolute atomic E-state index is 0.642. The van der Waals surface area contributed by atoms with Crippen molar-refractivity contribution in [1.29, 1.82) is 0 Å². The number of pyridine rings is 1. The Kier molecular flexibility index (Phi) is 4.09. The molecule has 92 valence electrons. The second-order valence-electron chi connectivity index (χ2n) is 4.48. The van der Waals surface area contributed by atoms with Crippen molar-refractivity contribution < 1.29 is 4.79 Å². The summed E-state index contributed by atoms with van der Waals surface area (Å²) in [7, 11) is 0. The van der Waals surface area contributed by atoms with Crippen molar-refractivity contribution in [2.45, 2.75) is 13.3 Å². The lowest BCUT2D eigenvalue weighted by Gasteiger charge is -2.35. The van der Waals surface area contributed by atoms with E-state index < -0.39 is 0 Å². The van der Waals surface area contributed by atoms with Gasteiger partial charge in [0.15, 0.2) is 0 Å². The molecular weight excluding hydrogens is 214 g/mol. The Morgan fingerprint density at radius 1 is 1.29 bits per heavy atom. The van der Waals surface area contributed by atoms with Gasteiger partial charge in [-0.15, -0.1) is 0 Å². The molecule has 0 spiro atoms. The third kappa shape index (κ3) is 3.27. The predicted octanol–water partition coefficient (Wildman–Crippen LogP) is 1.10. The Labute approximate surface area is 102 Å². The molecule has 4 nitrogen and oxygen atoms in total. The topological polar surface area (TPSA) is 36.4 Å². The van der Waals surface area contributed by atoms with Gasteiger partial charge in [-0.3, -0.25) is 4.90 Å². The summed E-state index contributed by atoms with van der Waals surface area (Å²) in [6.07, 6.45) is 3.55. The van der Waals surface area contributed by atoms with Crippen molar-refractivity contribution >= 4 is 12.1 Å².